The smallest absolute Gasteiger partial charge is 0.387 e. The van der Waals surface area contributed by atoms with Crippen molar-refractivity contribution < 1.29 is 27.0 Å². The summed E-state index contributed by atoms with van der Waals surface area (Å²) in [5.41, 5.74) is 1.83. The van der Waals surface area contributed by atoms with Crippen molar-refractivity contribution in [3.05, 3.63) is 77.4 Å². The van der Waals surface area contributed by atoms with Crippen LogP contribution in [0.2, 0.25) is 0 Å². The number of aryl methyl sites for hydroxylation is 1. The zero-order chi connectivity index (χ0) is 24.2. The lowest BCUT2D eigenvalue weighted by Gasteiger charge is -2.29. The Bertz CT molecular complexity index is 1120. The Labute approximate surface area is 197 Å². The standard InChI is InChI=1S/C28H28F4O2/c1-3-18-8-10-20(11-9-18)25-23(29)16-17(2)27(26(25)30)34-24-7-5-4-6-22(24)19-12-14-21(15-13-19)33-28(31)32/h4-7,12-16,18,20,28H,3,8-11H2,1-2H3. The first-order valence-electron chi connectivity index (χ1n) is 11.7. The molecule has 0 bridgehead atoms. The Morgan fingerprint density at radius 2 is 1.62 bits per heavy atom. The molecule has 0 aliphatic heterocycles. The summed E-state index contributed by atoms with van der Waals surface area (Å²) in [5.74, 6) is -0.271. The maximum absolute atomic E-state index is 15.7. The number of ether oxygens (including phenoxy) is 2. The minimum Gasteiger partial charge on any atom is -0.453 e. The highest BCUT2D eigenvalue weighted by molar-refractivity contribution is 5.71. The Morgan fingerprint density at radius 1 is 0.941 bits per heavy atom. The second kappa shape index (κ2) is 10.5. The molecule has 3 aromatic carbocycles. The lowest BCUT2D eigenvalue weighted by molar-refractivity contribution is -0.0498. The highest BCUT2D eigenvalue weighted by Gasteiger charge is 2.29. The van der Waals surface area contributed by atoms with Gasteiger partial charge in [-0.2, -0.15) is 8.78 Å². The Morgan fingerprint density at radius 3 is 2.26 bits per heavy atom. The summed E-state index contributed by atoms with van der Waals surface area (Å²) in [6, 6.07) is 14.5. The summed E-state index contributed by atoms with van der Waals surface area (Å²) < 4.78 is 66.0. The molecule has 3 aromatic rings. The van der Waals surface area contributed by atoms with Gasteiger partial charge in [-0.15, -0.1) is 0 Å². The lowest BCUT2D eigenvalue weighted by atomic mass is 9.77. The van der Waals surface area contributed by atoms with Crippen molar-refractivity contribution in [3.8, 4) is 28.4 Å². The van der Waals surface area contributed by atoms with Crippen molar-refractivity contribution in [3.63, 3.8) is 0 Å². The van der Waals surface area contributed by atoms with Crippen LogP contribution in [0.4, 0.5) is 17.6 Å². The minimum absolute atomic E-state index is 0.0131. The Balaban J connectivity index is 1.65. The van der Waals surface area contributed by atoms with Gasteiger partial charge in [0.25, 0.3) is 0 Å². The molecule has 2 nitrogen and oxygen atoms in total. The summed E-state index contributed by atoms with van der Waals surface area (Å²) in [4.78, 5) is 0. The van der Waals surface area contributed by atoms with Gasteiger partial charge in [0.1, 0.15) is 17.3 Å². The van der Waals surface area contributed by atoms with Crippen molar-refractivity contribution in [2.45, 2.75) is 58.5 Å². The molecule has 0 spiro atoms. The van der Waals surface area contributed by atoms with E-state index in [0.717, 1.165) is 32.1 Å². The number of rotatable bonds is 7. The number of hydrogen-bond acceptors (Lipinski definition) is 2. The Kier molecular flexibility index (Phi) is 7.44. The van der Waals surface area contributed by atoms with E-state index in [1.807, 2.05) is 0 Å². The molecule has 1 aliphatic rings. The van der Waals surface area contributed by atoms with E-state index in [1.54, 1.807) is 43.3 Å². The van der Waals surface area contributed by atoms with E-state index in [-0.39, 0.29) is 23.0 Å². The van der Waals surface area contributed by atoms with E-state index in [0.29, 0.717) is 28.4 Å². The van der Waals surface area contributed by atoms with Crippen LogP contribution in [0.1, 0.15) is 56.1 Å². The largest absolute Gasteiger partial charge is 0.453 e. The van der Waals surface area contributed by atoms with Gasteiger partial charge in [-0.1, -0.05) is 43.7 Å². The number of alkyl halides is 2. The summed E-state index contributed by atoms with van der Waals surface area (Å²) in [6.07, 6.45) is 4.55. The molecule has 6 heteroatoms. The second-order valence-electron chi connectivity index (χ2n) is 8.86. The molecule has 0 unspecified atom stereocenters. The third kappa shape index (κ3) is 5.21. The molecule has 34 heavy (non-hydrogen) atoms. The van der Waals surface area contributed by atoms with Gasteiger partial charge in [0, 0.05) is 11.1 Å². The monoisotopic (exact) mass is 472 g/mol. The summed E-state index contributed by atoms with van der Waals surface area (Å²) in [5, 5.41) is 0. The van der Waals surface area contributed by atoms with Crippen molar-refractivity contribution in [2.24, 2.45) is 5.92 Å². The number of benzene rings is 3. The van der Waals surface area contributed by atoms with Crippen molar-refractivity contribution in [1.82, 2.24) is 0 Å². The van der Waals surface area contributed by atoms with Gasteiger partial charge in [0.2, 0.25) is 0 Å². The van der Waals surface area contributed by atoms with Gasteiger partial charge < -0.3 is 9.47 Å². The molecule has 1 fully saturated rings. The average molecular weight is 473 g/mol. The van der Waals surface area contributed by atoms with Crippen LogP contribution in [-0.4, -0.2) is 6.61 Å². The van der Waals surface area contributed by atoms with Crippen LogP contribution in [-0.2, 0) is 0 Å². The number of halogens is 4. The van der Waals surface area contributed by atoms with Crippen LogP contribution in [0.3, 0.4) is 0 Å². The lowest BCUT2D eigenvalue weighted by Crippen LogP contribution is -2.15. The molecule has 4 rings (SSSR count). The Hall–Kier alpha value is -3.02. The van der Waals surface area contributed by atoms with Crippen LogP contribution in [0, 0.1) is 24.5 Å². The SMILES string of the molecule is CCC1CCC(c2c(F)cc(C)c(Oc3ccccc3-c3ccc(OC(F)F)cc3)c2F)CC1. The van der Waals surface area contributed by atoms with E-state index in [1.165, 1.54) is 18.2 Å². The molecule has 1 saturated carbocycles. The zero-order valence-corrected chi connectivity index (χ0v) is 19.3. The minimum atomic E-state index is -2.91. The topological polar surface area (TPSA) is 18.5 Å². The molecule has 0 radical (unpaired) electrons. The van der Waals surface area contributed by atoms with Gasteiger partial charge in [0.05, 0.1) is 0 Å². The molecule has 1 aliphatic carbocycles. The van der Waals surface area contributed by atoms with Crippen LogP contribution in [0.25, 0.3) is 11.1 Å². The maximum atomic E-state index is 15.7. The van der Waals surface area contributed by atoms with Gasteiger partial charge in [-0.25, -0.2) is 8.78 Å². The van der Waals surface area contributed by atoms with Crippen molar-refractivity contribution in [2.75, 3.05) is 0 Å². The third-order valence-electron chi connectivity index (χ3n) is 6.72. The molecular weight excluding hydrogens is 444 g/mol. The van der Waals surface area contributed by atoms with E-state index in [4.69, 9.17) is 4.74 Å². The number of hydrogen-bond donors (Lipinski definition) is 0. The first-order chi connectivity index (χ1) is 16.4. The fraction of sp³-hybridized carbons (Fsp3) is 0.357. The normalized spacial score (nSPS) is 18.2. The summed E-state index contributed by atoms with van der Waals surface area (Å²) in [6.45, 7) is 0.871. The van der Waals surface area contributed by atoms with E-state index < -0.39 is 18.2 Å². The predicted octanol–water partition coefficient (Wildman–Crippen LogP) is 9.02. The maximum Gasteiger partial charge on any atom is 0.387 e. The zero-order valence-electron chi connectivity index (χ0n) is 19.3. The highest BCUT2D eigenvalue weighted by Crippen LogP contribution is 2.43. The van der Waals surface area contributed by atoms with Gasteiger partial charge in [-0.3, -0.25) is 0 Å². The predicted molar refractivity (Wildman–Crippen MR) is 125 cm³/mol. The van der Waals surface area contributed by atoms with E-state index in [2.05, 4.69) is 11.7 Å². The fourth-order valence-corrected chi connectivity index (χ4v) is 4.81. The van der Waals surface area contributed by atoms with Gasteiger partial charge in [0.15, 0.2) is 11.6 Å². The third-order valence-corrected chi connectivity index (χ3v) is 6.72. The van der Waals surface area contributed by atoms with Crippen LogP contribution < -0.4 is 9.47 Å². The number of para-hydroxylation sites is 1. The molecule has 0 atom stereocenters. The van der Waals surface area contributed by atoms with Crippen molar-refractivity contribution >= 4 is 0 Å². The first-order valence-corrected chi connectivity index (χ1v) is 11.7. The van der Waals surface area contributed by atoms with Gasteiger partial charge in [-0.05, 0) is 79.8 Å². The van der Waals surface area contributed by atoms with Crippen LogP contribution in [0.5, 0.6) is 17.2 Å². The van der Waals surface area contributed by atoms with Crippen molar-refractivity contribution in [1.29, 1.82) is 0 Å². The van der Waals surface area contributed by atoms with Crippen LogP contribution in [0.15, 0.2) is 54.6 Å². The molecule has 0 heterocycles. The molecule has 0 N–H and O–H groups in total. The first kappa shape index (κ1) is 24.1. The molecule has 0 amide bonds. The highest BCUT2D eigenvalue weighted by atomic mass is 19.3. The van der Waals surface area contributed by atoms with E-state index in [9.17, 15) is 13.2 Å². The van der Waals surface area contributed by atoms with Gasteiger partial charge >= 0.3 is 6.61 Å². The van der Waals surface area contributed by atoms with Crippen LogP contribution >= 0.6 is 0 Å². The quantitative estimate of drug-likeness (QED) is 0.319. The second-order valence-corrected chi connectivity index (χ2v) is 8.86. The molecular formula is C28H28F4O2. The summed E-state index contributed by atoms with van der Waals surface area (Å²) >= 11 is 0. The average Bonchev–Trinajstić information content (AvgIpc) is 2.82. The molecule has 180 valence electrons. The molecule has 0 aromatic heterocycles. The summed E-state index contributed by atoms with van der Waals surface area (Å²) in [7, 11) is 0. The van der Waals surface area contributed by atoms with E-state index >= 15 is 4.39 Å². The molecule has 0 saturated heterocycles. The fourth-order valence-electron chi connectivity index (χ4n) is 4.81.